The summed E-state index contributed by atoms with van der Waals surface area (Å²) < 4.78 is 13.2. The molecule has 9 heteroatoms. The zero-order valence-corrected chi connectivity index (χ0v) is 20.2. The third-order valence-corrected chi connectivity index (χ3v) is 5.68. The van der Waals surface area contributed by atoms with Gasteiger partial charge in [-0.15, -0.1) is 0 Å². The van der Waals surface area contributed by atoms with Gasteiger partial charge in [0.05, 0.1) is 11.7 Å². The third-order valence-electron chi connectivity index (χ3n) is 5.68. The summed E-state index contributed by atoms with van der Waals surface area (Å²) in [5.41, 5.74) is 12.6. The summed E-state index contributed by atoms with van der Waals surface area (Å²) >= 11 is 0. The maximum atomic E-state index is 12.7. The van der Waals surface area contributed by atoms with Crippen molar-refractivity contribution in [1.82, 2.24) is 14.7 Å². The Morgan fingerprint density at radius 1 is 1.03 bits per heavy atom. The Hall–Kier alpha value is -4.01. The number of nitrogens with two attached hydrogens (primary N) is 2. The molecule has 2 amide bonds. The molecular formula is C26H31N5O4. The van der Waals surface area contributed by atoms with Gasteiger partial charge < -0.3 is 25.8 Å². The SMILES string of the molecule is CC(C)(C)OC(=O)N1CCCC(n2nc(N)c(C(N)=O)c2-c2ccc(Oc3ccccc3)cc2)C1. The predicted molar refractivity (Wildman–Crippen MR) is 133 cm³/mol. The van der Waals surface area contributed by atoms with Crippen LogP contribution in [0.2, 0.25) is 0 Å². The van der Waals surface area contributed by atoms with E-state index in [-0.39, 0.29) is 23.5 Å². The van der Waals surface area contributed by atoms with E-state index < -0.39 is 11.5 Å². The largest absolute Gasteiger partial charge is 0.457 e. The zero-order valence-electron chi connectivity index (χ0n) is 20.2. The normalized spacial score (nSPS) is 16.1. The molecule has 184 valence electrons. The second-order valence-corrected chi connectivity index (χ2v) is 9.58. The van der Waals surface area contributed by atoms with Crippen LogP contribution < -0.4 is 16.2 Å². The summed E-state index contributed by atoms with van der Waals surface area (Å²) in [5.74, 6) is 0.768. The molecule has 2 heterocycles. The molecule has 1 aromatic heterocycles. The van der Waals surface area contributed by atoms with Crippen molar-refractivity contribution >= 4 is 17.8 Å². The first-order chi connectivity index (χ1) is 16.6. The molecule has 1 atom stereocenters. The van der Waals surface area contributed by atoms with Gasteiger partial charge in [-0.1, -0.05) is 18.2 Å². The lowest BCUT2D eigenvalue weighted by atomic mass is 10.0. The molecule has 35 heavy (non-hydrogen) atoms. The van der Waals surface area contributed by atoms with Crippen molar-refractivity contribution in [3.63, 3.8) is 0 Å². The molecule has 1 aliphatic rings. The van der Waals surface area contributed by atoms with Crippen molar-refractivity contribution in [3.8, 4) is 22.8 Å². The van der Waals surface area contributed by atoms with Crippen molar-refractivity contribution in [2.75, 3.05) is 18.8 Å². The number of anilines is 1. The van der Waals surface area contributed by atoms with Crippen LogP contribution in [0.4, 0.5) is 10.6 Å². The molecule has 1 fully saturated rings. The highest BCUT2D eigenvalue weighted by Gasteiger charge is 2.32. The van der Waals surface area contributed by atoms with Gasteiger partial charge in [0.15, 0.2) is 5.82 Å². The number of hydrogen-bond donors (Lipinski definition) is 2. The lowest BCUT2D eigenvalue weighted by molar-refractivity contribution is 0.0168. The van der Waals surface area contributed by atoms with Crippen molar-refractivity contribution in [1.29, 1.82) is 0 Å². The van der Waals surface area contributed by atoms with Gasteiger partial charge in [0.2, 0.25) is 0 Å². The standard InChI is InChI=1S/C26H31N5O4/c1-26(2,3)35-25(33)30-15-7-8-18(16-30)31-22(21(24(28)32)23(27)29-31)17-11-13-20(14-12-17)34-19-9-5-4-6-10-19/h4-6,9-14,18H,7-8,15-16H2,1-3H3,(H2,27,29)(H2,28,32). The maximum absolute atomic E-state index is 12.7. The number of carbonyl (C=O) groups is 2. The van der Waals surface area contributed by atoms with Crippen LogP contribution in [0.3, 0.4) is 0 Å². The van der Waals surface area contributed by atoms with Gasteiger partial charge in [-0.3, -0.25) is 9.48 Å². The Balaban J connectivity index is 1.64. The van der Waals surface area contributed by atoms with Gasteiger partial charge in [0.25, 0.3) is 5.91 Å². The maximum Gasteiger partial charge on any atom is 0.410 e. The van der Waals surface area contributed by atoms with Crippen molar-refractivity contribution in [2.45, 2.75) is 45.3 Å². The number of rotatable bonds is 5. The highest BCUT2D eigenvalue weighted by Crippen LogP contribution is 2.35. The molecule has 0 spiro atoms. The van der Waals surface area contributed by atoms with Gasteiger partial charge in [-0.25, -0.2) is 4.79 Å². The smallest absolute Gasteiger partial charge is 0.410 e. The van der Waals surface area contributed by atoms with E-state index in [1.165, 1.54) is 0 Å². The van der Waals surface area contributed by atoms with Crippen LogP contribution in [0, 0.1) is 0 Å². The molecule has 0 bridgehead atoms. The lowest BCUT2D eigenvalue weighted by Gasteiger charge is -2.34. The van der Waals surface area contributed by atoms with Crippen LogP contribution in [0.25, 0.3) is 11.3 Å². The van der Waals surface area contributed by atoms with Gasteiger partial charge >= 0.3 is 6.09 Å². The third kappa shape index (κ3) is 5.56. The van der Waals surface area contributed by atoms with E-state index in [4.69, 9.17) is 20.9 Å². The Morgan fingerprint density at radius 3 is 2.31 bits per heavy atom. The van der Waals surface area contributed by atoms with Gasteiger partial charge in [-0.2, -0.15) is 5.10 Å². The summed E-state index contributed by atoms with van der Waals surface area (Å²) in [4.78, 5) is 26.7. The number of carbonyl (C=O) groups excluding carboxylic acids is 2. The first-order valence-electron chi connectivity index (χ1n) is 11.6. The van der Waals surface area contributed by atoms with Crippen molar-refractivity contribution in [2.24, 2.45) is 5.73 Å². The Morgan fingerprint density at radius 2 is 1.69 bits per heavy atom. The number of amides is 2. The highest BCUT2D eigenvalue weighted by atomic mass is 16.6. The van der Waals surface area contributed by atoms with Crippen LogP contribution in [-0.4, -0.2) is 45.4 Å². The predicted octanol–water partition coefficient (Wildman–Crippen LogP) is 4.60. The molecule has 4 N–H and O–H groups in total. The average Bonchev–Trinajstić information content (AvgIpc) is 3.16. The van der Waals surface area contributed by atoms with E-state index in [2.05, 4.69) is 5.10 Å². The number of hydrogen-bond acceptors (Lipinski definition) is 6. The minimum Gasteiger partial charge on any atom is -0.457 e. The summed E-state index contributed by atoms with van der Waals surface area (Å²) in [5, 5.41) is 4.47. The molecule has 1 saturated heterocycles. The van der Waals surface area contributed by atoms with Crippen LogP contribution in [-0.2, 0) is 4.74 Å². The fraction of sp³-hybridized carbons (Fsp3) is 0.346. The molecule has 1 aliphatic heterocycles. The highest BCUT2D eigenvalue weighted by molar-refractivity contribution is 6.03. The topological polar surface area (TPSA) is 126 Å². The summed E-state index contributed by atoms with van der Waals surface area (Å²) in [6, 6.07) is 16.6. The minimum atomic E-state index is -0.659. The van der Waals surface area contributed by atoms with Crippen LogP contribution in [0.5, 0.6) is 11.5 Å². The number of ether oxygens (including phenoxy) is 2. The van der Waals surface area contributed by atoms with Gasteiger partial charge in [0, 0.05) is 18.7 Å². The molecule has 2 aromatic carbocycles. The van der Waals surface area contributed by atoms with Crippen LogP contribution in [0.15, 0.2) is 54.6 Å². The number of aromatic nitrogens is 2. The molecular weight excluding hydrogens is 446 g/mol. The van der Waals surface area contributed by atoms with E-state index in [1.807, 2.05) is 75.4 Å². The lowest BCUT2D eigenvalue weighted by Crippen LogP contribution is -2.43. The van der Waals surface area contributed by atoms with E-state index in [1.54, 1.807) is 9.58 Å². The van der Waals surface area contributed by atoms with Crippen molar-refractivity contribution < 1.29 is 19.1 Å². The van der Waals surface area contributed by atoms with Gasteiger partial charge in [-0.05, 0) is 70.0 Å². The zero-order chi connectivity index (χ0) is 25.2. The summed E-state index contributed by atoms with van der Waals surface area (Å²) in [6.07, 6.45) is 1.15. The van der Waals surface area contributed by atoms with Crippen LogP contribution in [0.1, 0.15) is 50.0 Å². The molecule has 3 aromatic rings. The minimum absolute atomic E-state index is 0.0616. The number of para-hydroxylation sites is 1. The number of piperidine rings is 1. The molecule has 0 saturated carbocycles. The van der Waals surface area contributed by atoms with E-state index >= 15 is 0 Å². The first kappa shape index (κ1) is 24.1. The number of nitrogens with zero attached hydrogens (tertiary/aromatic N) is 3. The molecule has 0 radical (unpaired) electrons. The number of benzene rings is 2. The quantitative estimate of drug-likeness (QED) is 0.553. The number of primary amides is 1. The fourth-order valence-electron chi connectivity index (χ4n) is 4.19. The second kappa shape index (κ2) is 9.69. The fourth-order valence-corrected chi connectivity index (χ4v) is 4.19. The number of likely N-dealkylation sites (tertiary alicyclic amines) is 1. The average molecular weight is 478 g/mol. The monoisotopic (exact) mass is 477 g/mol. The first-order valence-corrected chi connectivity index (χ1v) is 11.6. The van der Waals surface area contributed by atoms with Gasteiger partial charge in [0.1, 0.15) is 22.7 Å². The van der Waals surface area contributed by atoms with E-state index in [9.17, 15) is 9.59 Å². The van der Waals surface area contributed by atoms with Crippen LogP contribution >= 0.6 is 0 Å². The Kier molecular flexibility index (Phi) is 6.68. The molecule has 1 unspecified atom stereocenters. The number of nitrogen functional groups attached to an aromatic ring is 1. The Labute approximate surface area is 204 Å². The summed E-state index contributed by atoms with van der Waals surface area (Å²) in [6.45, 7) is 6.48. The van der Waals surface area contributed by atoms with Crippen molar-refractivity contribution in [3.05, 3.63) is 60.2 Å². The molecule has 4 rings (SSSR count). The Bertz CT molecular complexity index is 1200. The molecule has 9 nitrogen and oxygen atoms in total. The van der Waals surface area contributed by atoms with E-state index in [0.717, 1.165) is 24.2 Å². The van der Waals surface area contributed by atoms with E-state index in [0.29, 0.717) is 24.5 Å². The second-order valence-electron chi connectivity index (χ2n) is 9.58. The molecule has 0 aliphatic carbocycles. The summed E-state index contributed by atoms with van der Waals surface area (Å²) in [7, 11) is 0.